The third-order valence-electron chi connectivity index (χ3n) is 2.15. The van der Waals surface area contributed by atoms with Crippen LogP contribution in [0, 0.1) is 5.82 Å². The van der Waals surface area contributed by atoms with Crippen molar-refractivity contribution in [2.75, 3.05) is 12.4 Å². The van der Waals surface area contributed by atoms with Gasteiger partial charge in [-0.2, -0.15) is 4.68 Å². The average Bonchev–Trinajstić information content (AvgIpc) is 2.64. The topological polar surface area (TPSA) is 57.5 Å². The van der Waals surface area contributed by atoms with E-state index in [1.807, 2.05) is 0 Å². The molecule has 0 amide bonds. The number of rotatable bonds is 2. The highest BCUT2D eigenvalue weighted by atomic mass is 19.1. The van der Waals surface area contributed by atoms with E-state index in [-0.39, 0.29) is 5.82 Å². The Hall–Kier alpha value is -1.98. The number of aromatic nitrogens is 4. The predicted molar refractivity (Wildman–Crippen MR) is 52.5 cm³/mol. The largest absolute Gasteiger partial charge is 0.387 e. The van der Waals surface area contributed by atoms with Crippen LogP contribution < -0.4 is 10.00 Å². The quantitative estimate of drug-likeness (QED) is 0.706. The van der Waals surface area contributed by atoms with E-state index >= 15 is 0 Å². The van der Waals surface area contributed by atoms with Gasteiger partial charge in [-0.15, -0.1) is 0 Å². The molecule has 15 heavy (non-hydrogen) atoms. The van der Waals surface area contributed by atoms with Crippen LogP contribution in [-0.2, 0) is 7.05 Å². The van der Waals surface area contributed by atoms with E-state index in [1.54, 1.807) is 24.8 Å². The summed E-state index contributed by atoms with van der Waals surface area (Å²) in [7, 11) is 3.54. The molecule has 6 heteroatoms. The van der Waals surface area contributed by atoms with Gasteiger partial charge in [-0.25, -0.2) is 4.39 Å². The third-order valence-corrected chi connectivity index (χ3v) is 2.15. The van der Waals surface area contributed by atoms with E-state index in [1.165, 1.54) is 12.1 Å². The minimum absolute atomic E-state index is 0.299. The van der Waals surface area contributed by atoms with Crippen LogP contribution in [0.3, 0.4) is 0 Å². The Bertz CT molecular complexity index is 479. The molecule has 1 heterocycles. The molecular weight excluding hydrogens is 197 g/mol. The van der Waals surface area contributed by atoms with Crippen LogP contribution in [0.1, 0.15) is 0 Å². The van der Waals surface area contributed by atoms with Gasteiger partial charge in [0, 0.05) is 12.7 Å². The molecule has 1 aromatic carbocycles. The van der Waals surface area contributed by atoms with Crippen molar-refractivity contribution < 1.29 is 9.07 Å². The van der Waals surface area contributed by atoms with Crippen molar-refractivity contribution in [3.63, 3.8) is 0 Å². The fourth-order valence-electron chi connectivity index (χ4n) is 1.41. The van der Waals surface area contributed by atoms with Crippen molar-refractivity contribution in [1.29, 1.82) is 0 Å². The molecule has 0 atom stereocenters. The molecule has 0 aliphatic carbocycles. The summed E-state index contributed by atoms with van der Waals surface area (Å²) in [6, 6.07) is 4.48. The molecule has 0 bridgehead atoms. The zero-order valence-corrected chi connectivity index (χ0v) is 8.45. The molecule has 2 N–H and O–H groups in total. The predicted octanol–water partition coefficient (Wildman–Crippen LogP) is 0.477. The number of hydrogen-bond acceptors (Lipinski definition) is 3. The second kappa shape index (κ2) is 3.64. The second-order valence-electron chi connectivity index (χ2n) is 3.12. The maximum Gasteiger partial charge on any atom is 0.333 e. The number of tetrazole rings is 1. The summed E-state index contributed by atoms with van der Waals surface area (Å²) in [4.78, 5) is 0. The number of halogens is 1. The monoisotopic (exact) mass is 208 g/mol. The summed E-state index contributed by atoms with van der Waals surface area (Å²) in [5, 5.41) is 13.1. The van der Waals surface area contributed by atoms with Gasteiger partial charge in [0.1, 0.15) is 10.9 Å². The molecule has 0 radical (unpaired) electrons. The Kier molecular flexibility index (Phi) is 2.32. The number of aryl methyl sites for hydroxylation is 1. The molecule has 1 aromatic heterocycles. The highest BCUT2D eigenvalue weighted by molar-refractivity contribution is 5.71. The van der Waals surface area contributed by atoms with Crippen LogP contribution in [0.25, 0.3) is 11.4 Å². The first kappa shape index (κ1) is 9.57. The molecular formula is C9H11FN5+. The second-order valence-corrected chi connectivity index (χ2v) is 3.12. The Morgan fingerprint density at radius 3 is 2.87 bits per heavy atom. The van der Waals surface area contributed by atoms with Crippen molar-refractivity contribution in [2.24, 2.45) is 7.05 Å². The van der Waals surface area contributed by atoms with Crippen molar-refractivity contribution in [1.82, 2.24) is 15.5 Å². The SMILES string of the molecule is CNc1ccc(F)cc1-c1nn[nH][n+]1C. The minimum atomic E-state index is -0.299. The first-order chi connectivity index (χ1) is 7.22. The molecule has 0 saturated carbocycles. The van der Waals surface area contributed by atoms with Crippen molar-refractivity contribution >= 4 is 5.69 Å². The van der Waals surface area contributed by atoms with Crippen LogP contribution in [0.5, 0.6) is 0 Å². The number of aromatic amines is 1. The third kappa shape index (κ3) is 1.65. The molecule has 0 spiro atoms. The molecule has 5 nitrogen and oxygen atoms in total. The smallest absolute Gasteiger partial charge is 0.333 e. The molecule has 0 saturated heterocycles. The lowest BCUT2D eigenvalue weighted by Crippen LogP contribution is -2.32. The summed E-state index contributed by atoms with van der Waals surface area (Å²) < 4.78 is 14.7. The number of nitrogens with zero attached hydrogens (tertiary/aromatic N) is 3. The summed E-state index contributed by atoms with van der Waals surface area (Å²) >= 11 is 0. The Labute approximate surface area is 85.9 Å². The maximum atomic E-state index is 13.1. The number of anilines is 1. The van der Waals surface area contributed by atoms with Crippen molar-refractivity contribution in [3.8, 4) is 11.4 Å². The lowest BCUT2D eigenvalue weighted by molar-refractivity contribution is -0.721. The number of benzene rings is 1. The van der Waals surface area contributed by atoms with Gasteiger partial charge in [-0.1, -0.05) is 5.21 Å². The summed E-state index contributed by atoms with van der Waals surface area (Å²) in [5.74, 6) is 0.283. The van der Waals surface area contributed by atoms with Crippen LogP contribution in [0.15, 0.2) is 18.2 Å². The lowest BCUT2D eigenvalue weighted by Gasteiger charge is -2.04. The zero-order valence-electron chi connectivity index (χ0n) is 8.45. The van der Waals surface area contributed by atoms with Crippen LogP contribution in [0.2, 0.25) is 0 Å². The molecule has 2 aromatic rings. The number of hydrogen-bond donors (Lipinski definition) is 2. The van der Waals surface area contributed by atoms with Gasteiger partial charge < -0.3 is 5.32 Å². The van der Waals surface area contributed by atoms with Gasteiger partial charge in [-0.05, 0) is 18.2 Å². The van der Waals surface area contributed by atoms with Crippen LogP contribution in [-0.4, -0.2) is 22.6 Å². The fraction of sp³-hybridized carbons (Fsp3) is 0.222. The van der Waals surface area contributed by atoms with E-state index in [0.29, 0.717) is 11.4 Å². The Balaban J connectivity index is 2.60. The maximum absolute atomic E-state index is 13.1. The van der Waals surface area contributed by atoms with Crippen molar-refractivity contribution in [2.45, 2.75) is 0 Å². The fourth-order valence-corrected chi connectivity index (χ4v) is 1.41. The first-order valence-corrected chi connectivity index (χ1v) is 4.47. The summed E-state index contributed by atoms with van der Waals surface area (Å²) in [6.45, 7) is 0. The van der Waals surface area contributed by atoms with Crippen molar-refractivity contribution in [3.05, 3.63) is 24.0 Å². The highest BCUT2D eigenvalue weighted by Crippen LogP contribution is 2.23. The minimum Gasteiger partial charge on any atom is -0.387 e. The summed E-state index contributed by atoms with van der Waals surface area (Å²) in [6.07, 6.45) is 0. The zero-order chi connectivity index (χ0) is 10.8. The van der Waals surface area contributed by atoms with Gasteiger partial charge in [0.2, 0.25) is 0 Å². The molecule has 0 fully saturated rings. The van der Waals surface area contributed by atoms with E-state index in [4.69, 9.17) is 0 Å². The lowest BCUT2D eigenvalue weighted by atomic mass is 10.1. The van der Waals surface area contributed by atoms with Crippen LogP contribution in [0.4, 0.5) is 10.1 Å². The molecule has 2 rings (SSSR count). The Morgan fingerprint density at radius 2 is 2.27 bits per heavy atom. The standard InChI is InChI=1S/C9H10FN5/c1-11-8-4-3-6(10)5-7(8)9-12-13-14-15(9)2/h3-5H,1-2H3,(H,11,12,14)/p+1. The molecule has 0 unspecified atom stereocenters. The van der Waals surface area contributed by atoms with Gasteiger partial charge in [0.25, 0.3) is 0 Å². The van der Waals surface area contributed by atoms with Gasteiger partial charge >= 0.3 is 5.82 Å². The molecule has 0 aliphatic heterocycles. The van der Waals surface area contributed by atoms with E-state index in [2.05, 4.69) is 20.8 Å². The first-order valence-electron chi connectivity index (χ1n) is 4.47. The average molecular weight is 208 g/mol. The number of H-pyrrole nitrogens is 1. The van der Waals surface area contributed by atoms with Crippen LogP contribution >= 0.6 is 0 Å². The highest BCUT2D eigenvalue weighted by Gasteiger charge is 2.18. The summed E-state index contributed by atoms with van der Waals surface area (Å²) in [5.41, 5.74) is 1.48. The Morgan fingerprint density at radius 1 is 1.47 bits per heavy atom. The van der Waals surface area contributed by atoms with E-state index in [0.717, 1.165) is 5.69 Å². The molecule has 0 aliphatic rings. The normalized spacial score (nSPS) is 10.3. The van der Waals surface area contributed by atoms with E-state index in [9.17, 15) is 4.39 Å². The van der Waals surface area contributed by atoms with Gasteiger partial charge in [0.15, 0.2) is 5.21 Å². The van der Waals surface area contributed by atoms with E-state index < -0.39 is 0 Å². The van der Waals surface area contributed by atoms with Gasteiger partial charge in [-0.3, -0.25) is 0 Å². The van der Waals surface area contributed by atoms with Gasteiger partial charge in [0.05, 0.1) is 12.6 Å². The number of nitrogens with one attached hydrogen (secondary N) is 2. The molecule has 78 valence electrons.